The molecule has 1 aliphatic carbocycles. The molecule has 2 aromatic carbocycles. The molecule has 10 heteroatoms. The number of nitrogens with one attached hydrogen (secondary N) is 1. The Morgan fingerprint density at radius 2 is 1.91 bits per heavy atom. The Balaban J connectivity index is 1.15. The second-order valence-electron chi connectivity index (χ2n) is 13.5. The SMILES string of the molecule is Cc1cccc2cccc(N3CCc4c(nc(OC[C@@H]5CCCN5C)nc4N4CCN(C(=O)/C=C/CNC5CC5)[C@@H](CC#N)C4)C3)c12. The molecule has 0 spiro atoms. The molecule has 2 atom stereocenters. The highest BCUT2D eigenvalue weighted by molar-refractivity contribution is 5.97. The van der Waals surface area contributed by atoms with Crippen molar-refractivity contribution in [3.63, 3.8) is 0 Å². The Morgan fingerprint density at radius 1 is 1.06 bits per heavy atom. The van der Waals surface area contributed by atoms with Gasteiger partial charge in [-0.3, -0.25) is 4.79 Å². The molecule has 3 aromatic rings. The van der Waals surface area contributed by atoms with Gasteiger partial charge in [-0.05, 0) is 69.6 Å². The maximum atomic E-state index is 13.2. The molecule has 0 radical (unpaired) electrons. The number of nitrogens with zero attached hydrogens (tertiary/aromatic N) is 7. The maximum absolute atomic E-state index is 13.2. The first kappa shape index (κ1) is 31.4. The lowest BCUT2D eigenvalue weighted by Gasteiger charge is -2.42. The molecular formula is C37H46N8O2. The van der Waals surface area contributed by atoms with E-state index in [0.29, 0.717) is 57.4 Å². The van der Waals surface area contributed by atoms with Crippen molar-refractivity contribution in [3.8, 4) is 12.1 Å². The Morgan fingerprint density at radius 3 is 2.70 bits per heavy atom. The molecule has 1 N–H and O–H groups in total. The van der Waals surface area contributed by atoms with E-state index in [0.717, 1.165) is 43.0 Å². The van der Waals surface area contributed by atoms with Gasteiger partial charge < -0.3 is 29.7 Å². The smallest absolute Gasteiger partial charge is 0.318 e. The number of fused-ring (bicyclic) bond motifs is 2. The Bertz CT molecular complexity index is 1680. The number of ether oxygens (including phenoxy) is 1. The van der Waals surface area contributed by atoms with Gasteiger partial charge >= 0.3 is 6.01 Å². The average Bonchev–Trinajstić information content (AvgIpc) is 3.83. The minimum atomic E-state index is -0.219. The summed E-state index contributed by atoms with van der Waals surface area (Å²) < 4.78 is 6.36. The minimum absolute atomic E-state index is 0.0297. The Labute approximate surface area is 278 Å². The lowest BCUT2D eigenvalue weighted by atomic mass is 9.99. The summed E-state index contributed by atoms with van der Waals surface area (Å²) in [6.45, 7) is 7.76. The van der Waals surface area contributed by atoms with Gasteiger partial charge in [-0.25, -0.2) is 0 Å². The first-order valence-electron chi connectivity index (χ1n) is 17.3. The van der Waals surface area contributed by atoms with Gasteiger partial charge in [-0.2, -0.15) is 15.2 Å². The van der Waals surface area contributed by atoms with Crippen LogP contribution in [0.5, 0.6) is 6.01 Å². The number of rotatable bonds is 10. The molecule has 4 heterocycles. The molecule has 4 aliphatic rings. The summed E-state index contributed by atoms with van der Waals surface area (Å²) in [5, 5.41) is 15.7. The van der Waals surface area contributed by atoms with Crippen LogP contribution in [0.3, 0.4) is 0 Å². The van der Waals surface area contributed by atoms with Crippen molar-refractivity contribution in [2.24, 2.45) is 0 Å². The van der Waals surface area contributed by atoms with E-state index in [1.807, 2.05) is 11.0 Å². The predicted molar refractivity (Wildman–Crippen MR) is 185 cm³/mol. The van der Waals surface area contributed by atoms with Gasteiger partial charge in [0.2, 0.25) is 5.91 Å². The van der Waals surface area contributed by atoms with Gasteiger partial charge in [0.1, 0.15) is 12.4 Å². The average molecular weight is 635 g/mol. The van der Waals surface area contributed by atoms with Crippen LogP contribution >= 0.6 is 0 Å². The van der Waals surface area contributed by atoms with Crippen LogP contribution in [-0.2, 0) is 17.8 Å². The molecule has 246 valence electrons. The topological polar surface area (TPSA) is 101 Å². The lowest BCUT2D eigenvalue weighted by Crippen LogP contribution is -2.55. The second kappa shape index (κ2) is 13.9. The van der Waals surface area contributed by atoms with E-state index in [2.05, 4.69) is 76.5 Å². The highest BCUT2D eigenvalue weighted by atomic mass is 16.5. The normalized spacial score (nSPS) is 21.8. The second-order valence-corrected chi connectivity index (χ2v) is 13.5. The van der Waals surface area contributed by atoms with E-state index in [1.54, 1.807) is 6.08 Å². The van der Waals surface area contributed by atoms with Gasteiger partial charge in [0.25, 0.3) is 0 Å². The largest absolute Gasteiger partial charge is 0.462 e. The highest BCUT2D eigenvalue weighted by Crippen LogP contribution is 2.36. The summed E-state index contributed by atoms with van der Waals surface area (Å²) in [7, 11) is 2.15. The molecule has 7 rings (SSSR count). The summed E-state index contributed by atoms with van der Waals surface area (Å²) in [4.78, 5) is 32.2. The van der Waals surface area contributed by atoms with Crippen molar-refractivity contribution < 1.29 is 9.53 Å². The lowest BCUT2D eigenvalue weighted by molar-refractivity contribution is -0.128. The Hall–Kier alpha value is -4.20. The van der Waals surface area contributed by atoms with E-state index in [-0.39, 0.29) is 18.4 Å². The van der Waals surface area contributed by atoms with Crippen LogP contribution in [0.15, 0.2) is 48.6 Å². The third-order valence-corrected chi connectivity index (χ3v) is 10.3. The fourth-order valence-corrected chi connectivity index (χ4v) is 7.45. The van der Waals surface area contributed by atoms with Crippen molar-refractivity contribution in [2.75, 3.05) is 62.7 Å². The number of benzene rings is 2. The number of likely N-dealkylation sites (N-methyl/N-ethyl adjacent to an activating group) is 1. The first-order valence-corrected chi connectivity index (χ1v) is 17.3. The number of nitriles is 1. The number of amides is 1. The maximum Gasteiger partial charge on any atom is 0.318 e. The summed E-state index contributed by atoms with van der Waals surface area (Å²) >= 11 is 0. The zero-order valence-corrected chi connectivity index (χ0v) is 27.7. The highest BCUT2D eigenvalue weighted by Gasteiger charge is 2.34. The molecule has 1 aromatic heterocycles. The van der Waals surface area contributed by atoms with E-state index < -0.39 is 0 Å². The summed E-state index contributed by atoms with van der Waals surface area (Å²) in [6, 6.07) is 16.5. The zero-order valence-electron chi connectivity index (χ0n) is 27.7. The standard InChI is InChI=1S/C37H46N8O2/c1-26-7-3-8-27-9-4-11-33(35(26)27)43-20-16-31-32(24-43)40-37(47-25-30-10-6-19-42(30)2)41-36(31)44-21-22-45(29(23-44)15-17-38)34(46)12-5-18-39-28-13-14-28/h3-5,7-9,11-12,28-30,39H,6,10,13-16,18-25H2,1-2H3/b12-5+/t29-,30-/m0/s1. The van der Waals surface area contributed by atoms with Crippen LogP contribution in [0.1, 0.15) is 48.9 Å². The monoisotopic (exact) mass is 634 g/mol. The number of carbonyl (C=O) groups excluding carboxylic acids is 1. The minimum Gasteiger partial charge on any atom is -0.462 e. The van der Waals surface area contributed by atoms with Crippen LogP contribution in [-0.4, -0.2) is 96.7 Å². The Kier molecular flexibility index (Phi) is 9.27. The molecule has 0 bridgehead atoms. The summed E-state index contributed by atoms with van der Waals surface area (Å²) in [5.74, 6) is 0.857. The van der Waals surface area contributed by atoms with Crippen molar-refractivity contribution in [1.82, 2.24) is 25.1 Å². The van der Waals surface area contributed by atoms with Crippen LogP contribution in [0.4, 0.5) is 11.5 Å². The molecule has 3 aliphatic heterocycles. The van der Waals surface area contributed by atoms with Crippen molar-refractivity contribution in [1.29, 1.82) is 5.26 Å². The van der Waals surface area contributed by atoms with Crippen LogP contribution in [0.2, 0.25) is 0 Å². The molecule has 1 amide bonds. The predicted octanol–water partition coefficient (Wildman–Crippen LogP) is 4.21. The molecular weight excluding hydrogens is 588 g/mol. The molecule has 47 heavy (non-hydrogen) atoms. The number of likely N-dealkylation sites (tertiary alicyclic amines) is 1. The van der Waals surface area contributed by atoms with Crippen LogP contribution in [0, 0.1) is 18.3 Å². The number of carbonyl (C=O) groups is 1. The van der Waals surface area contributed by atoms with Gasteiger partial charge in [-0.1, -0.05) is 36.4 Å². The molecule has 2 saturated heterocycles. The van der Waals surface area contributed by atoms with Crippen LogP contribution in [0.25, 0.3) is 10.8 Å². The van der Waals surface area contributed by atoms with Crippen molar-refractivity contribution in [3.05, 3.63) is 65.4 Å². The molecule has 1 saturated carbocycles. The van der Waals surface area contributed by atoms with Crippen LogP contribution < -0.4 is 19.9 Å². The van der Waals surface area contributed by atoms with Crippen molar-refractivity contribution in [2.45, 2.75) is 70.1 Å². The quantitative estimate of drug-likeness (QED) is 0.329. The van der Waals surface area contributed by atoms with E-state index in [9.17, 15) is 10.1 Å². The molecule has 0 unspecified atom stereocenters. The number of anilines is 2. The van der Waals surface area contributed by atoms with Gasteiger partial charge in [-0.15, -0.1) is 0 Å². The summed E-state index contributed by atoms with van der Waals surface area (Å²) in [6.07, 6.45) is 9.36. The fourth-order valence-electron chi connectivity index (χ4n) is 7.45. The number of piperazine rings is 1. The number of hydrogen-bond acceptors (Lipinski definition) is 9. The van der Waals surface area contributed by atoms with E-state index in [4.69, 9.17) is 14.7 Å². The molecule has 10 nitrogen and oxygen atoms in total. The zero-order chi connectivity index (χ0) is 32.3. The van der Waals surface area contributed by atoms with E-state index >= 15 is 0 Å². The van der Waals surface area contributed by atoms with Crippen molar-refractivity contribution >= 4 is 28.2 Å². The fraction of sp³-hybridized carbons (Fsp3) is 0.514. The number of hydrogen-bond donors (Lipinski definition) is 1. The van der Waals surface area contributed by atoms with Gasteiger partial charge in [0.05, 0.1) is 30.8 Å². The summed E-state index contributed by atoms with van der Waals surface area (Å²) in [5.41, 5.74) is 4.62. The first-order chi connectivity index (χ1) is 23.0. The number of aryl methyl sites for hydroxylation is 1. The third-order valence-electron chi connectivity index (χ3n) is 10.3. The van der Waals surface area contributed by atoms with Gasteiger partial charge in [0, 0.05) is 67.5 Å². The number of aromatic nitrogens is 2. The third kappa shape index (κ3) is 6.92. The molecule has 3 fully saturated rings. The van der Waals surface area contributed by atoms with E-state index in [1.165, 1.54) is 41.3 Å². The van der Waals surface area contributed by atoms with Gasteiger partial charge in [0.15, 0.2) is 0 Å².